The molecule has 9 nitrogen and oxygen atoms in total. The molecule has 7 unspecified atom stereocenters. The molecule has 0 aromatic heterocycles. The van der Waals surface area contributed by atoms with Gasteiger partial charge in [-0.2, -0.15) is 0 Å². The van der Waals surface area contributed by atoms with Crippen LogP contribution < -0.4 is 0 Å². The van der Waals surface area contributed by atoms with Crippen LogP contribution >= 0.6 is 0 Å². The van der Waals surface area contributed by atoms with E-state index in [4.69, 9.17) is 18.9 Å². The number of aliphatic hydroxyl groups excluding tert-OH is 3. The quantitative estimate of drug-likeness (QED) is 0.343. The van der Waals surface area contributed by atoms with Gasteiger partial charge in [0.1, 0.15) is 37.1 Å². The van der Waals surface area contributed by atoms with Crippen LogP contribution in [-0.2, 0) is 28.5 Å². The van der Waals surface area contributed by atoms with E-state index in [0.717, 1.165) is 5.57 Å². The lowest BCUT2D eigenvalue weighted by Crippen LogP contribution is -2.59. The van der Waals surface area contributed by atoms with Gasteiger partial charge in [0.15, 0.2) is 6.29 Å². The van der Waals surface area contributed by atoms with Crippen LogP contribution in [0.5, 0.6) is 0 Å². The average molecular weight is 416 g/mol. The van der Waals surface area contributed by atoms with E-state index in [1.807, 2.05) is 0 Å². The minimum atomic E-state index is -1.54. The smallest absolute Gasteiger partial charge is 0.303 e. The van der Waals surface area contributed by atoms with Gasteiger partial charge in [-0.15, -0.1) is 0 Å². The summed E-state index contributed by atoms with van der Waals surface area (Å²) < 4.78 is 21.2. The van der Waals surface area contributed by atoms with E-state index in [-0.39, 0.29) is 19.1 Å². The zero-order chi connectivity index (χ0) is 22.3. The number of aliphatic hydroxyl groups is 3. The summed E-state index contributed by atoms with van der Waals surface area (Å²) in [4.78, 5) is 22.3. The summed E-state index contributed by atoms with van der Waals surface area (Å²) in [6, 6.07) is 0. The van der Waals surface area contributed by atoms with Crippen molar-refractivity contribution >= 4 is 11.9 Å². The maximum atomic E-state index is 11.3. The number of carbonyl (C=O) groups is 2. The van der Waals surface area contributed by atoms with E-state index in [9.17, 15) is 24.9 Å². The van der Waals surface area contributed by atoms with Gasteiger partial charge in [-0.3, -0.25) is 9.59 Å². The highest BCUT2D eigenvalue weighted by atomic mass is 16.7. The Balaban J connectivity index is 2.78. The van der Waals surface area contributed by atoms with Crippen LogP contribution in [0.2, 0.25) is 0 Å². The molecule has 0 radical (unpaired) electrons. The maximum absolute atomic E-state index is 11.3. The first kappa shape index (κ1) is 25.3. The molecule has 3 N–H and O–H groups in total. The number of ether oxygens (including phenoxy) is 4. The lowest BCUT2D eigenvalue weighted by atomic mass is 9.93. The lowest BCUT2D eigenvalue weighted by Gasteiger charge is -2.40. The summed E-state index contributed by atoms with van der Waals surface area (Å²) in [5.41, 5.74) is 1.42. The Morgan fingerprint density at radius 2 is 1.59 bits per heavy atom. The second-order valence-electron chi connectivity index (χ2n) is 7.37. The first-order valence-electron chi connectivity index (χ1n) is 9.36. The van der Waals surface area contributed by atoms with Crippen molar-refractivity contribution in [3.63, 3.8) is 0 Å². The molecule has 0 aromatic carbocycles. The molecule has 1 heterocycles. The molecular weight excluding hydrogens is 384 g/mol. The van der Waals surface area contributed by atoms with E-state index in [2.05, 4.69) is 13.2 Å². The molecule has 1 saturated heterocycles. The third-order valence-corrected chi connectivity index (χ3v) is 4.63. The Hall–Kier alpha value is -1.78. The van der Waals surface area contributed by atoms with Gasteiger partial charge >= 0.3 is 11.9 Å². The van der Waals surface area contributed by atoms with E-state index < -0.39 is 48.7 Å². The third kappa shape index (κ3) is 7.87. The molecule has 0 saturated carbocycles. The summed E-state index contributed by atoms with van der Waals surface area (Å²) in [6.07, 6.45) is -6.97. The first-order valence-corrected chi connectivity index (χ1v) is 9.36. The van der Waals surface area contributed by atoms with Gasteiger partial charge < -0.3 is 34.3 Å². The largest absolute Gasteiger partial charge is 0.463 e. The van der Waals surface area contributed by atoms with Crippen molar-refractivity contribution in [2.75, 3.05) is 13.2 Å². The van der Waals surface area contributed by atoms with Crippen molar-refractivity contribution < 1.29 is 43.9 Å². The van der Waals surface area contributed by atoms with Gasteiger partial charge in [0.25, 0.3) is 0 Å². The van der Waals surface area contributed by atoms with E-state index in [0.29, 0.717) is 12.0 Å². The Morgan fingerprint density at radius 3 is 2.07 bits per heavy atom. The highest BCUT2D eigenvalue weighted by molar-refractivity contribution is 5.66. The van der Waals surface area contributed by atoms with Crippen molar-refractivity contribution in [2.24, 2.45) is 5.92 Å². The van der Waals surface area contributed by atoms with Gasteiger partial charge in [0.05, 0.1) is 6.61 Å². The third-order valence-electron chi connectivity index (χ3n) is 4.63. The van der Waals surface area contributed by atoms with Gasteiger partial charge in [0, 0.05) is 19.8 Å². The number of carbonyl (C=O) groups excluding carboxylic acids is 2. The summed E-state index contributed by atoms with van der Waals surface area (Å²) in [5, 5.41) is 30.2. The number of hydrogen-bond acceptors (Lipinski definition) is 9. The molecule has 29 heavy (non-hydrogen) atoms. The summed E-state index contributed by atoms with van der Waals surface area (Å²) in [5.74, 6) is -1.27. The van der Waals surface area contributed by atoms with E-state index >= 15 is 0 Å². The highest BCUT2D eigenvalue weighted by Crippen LogP contribution is 2.26. The molecule has 1 aliphatic heterocycles. The van der Waals surface area contributed by atoms with Crippen LogP contribution in [0, 0.1) is 5.92 Å². The van der Waals surface area contributed by atoms with Crippen molar-refractivity contribution in [2.45, 2.75) is 70.9 Å². The van der Waals surface area contributed by atoms with Gasteiger partial charge in [-0.25, -0.2) is 0 Å². The molecule has 9 heteroatoms. The topological polar surface area (TPSA) is 132 Å². The van der Waals surface area contributed by atoms with Crippen LogP contribution in [0.4, 0.5) is 0 Å². The fourth-order valence-corrected chi connectivity index (χ4v) is 2.82. The number of rotatable bonds is 10. The zero-order valence-corrected chi connectivity index (χ0v) is 17.4. The molecule has 1 aliphatic rings. The number of hydrogen-bond donors (Lipinski definition) is 3. The monoisotopic (exact) mass is 416 g/mol. The molecule has 7 atom stereocenters. The maximum Gasteiger partial charge on any atom is 0.303 e. The van der Waals surface area contributed by atoms with Crippen LogP contribution in [0.15, 0.2) is 24.3 Å². The minimum Gasteiger partial charge on any atom is -0.463 e. The minimum absolute atomic E-state index is 0.0468. The lowest BCUT2D eigenvalue weighted by molar-refractivity contribution is -0.303. The van der Waals surface area contributed by atoms with Crippen molar-refractivity contribution in [1.82, 2.24) is 0 Å². The van der Waals surface area contributed by atoms with Crippen LogP contribution in [0.25, 0.3) is 0 Å². The Labute approximate surface area is 170 Å². The van der Waals surface area contributed by atoms with Crippen molar-refractivity contribution in [3.8, 4) is 0 Å². The Bertz CT molecular complexity index is 603. The van der Waals surface area contributed by atoms with Crippen LogP contribution in [0.3, 0.4) is 0 Å². The second-order valence-corrected chi connectivity index (χ2v) is 7.37. The molecular formula is C20H32O9. The molecule has 0 aliphatic carbocycles. The summed E-state index contributed by atoms with van der Waals surface area (Å²) in [6.45, 7) is 13.5. The Morgan fingerprint density at radius 1 is 0.966 bits per heavy atom. The second kappa shape index (κ2) is 11.4. The van der Waals surface area contributed by atoms with E-state index in [1.165, 1.54) is 13.8 Å². The van der Waals surface area contributed by atoms with Crippen LogP contribution in [-0.4, -0.2) is 77.3 Å². The van der Waals surface area contributed by atoms with Crippen molar-refractivity contribution in [1.29, 1.82) is 0 Å². The molecule has 0 spiro atoms. The normalized spacial score (nSPS) is 28.9. The summed E-state index contributed by atoms with van der Waals surface area (Å²) >= 11 is 0. The molecule has 0 bridgehead atoms. The average Bonchev–Trinajstić information content (AvgIpc) is 2.61. The zero-order valence-electron chi connectivity index (χ0n) is 17.4. The van der Waals surface area contributed by atoms with Gasteiger partial charge in [-0.05, 0) is 25.8 Å². The number of esters is 2. The molecule has 166 valence electrons. The fraction of sp³-hybridized carbons (Fsp3) is 0.700. The molecule has 1 fully saturated rings. The van der Waals surface area contributed by atoms with Crippen molar-refractivity contribution in [3.05, 3.63) is 24.3 Å². The van der Waals surface area contributed by atoms with Crippen LogP contribution in [0.1, 0.15) is 34.1 Å². The standard InChI is InChI=1S/C20H32O9/c1-10(2)14(7-15(11(3)4)28-13(6)22)8-27-20-19(25)18(24)17(23)16(29-20)9-26-12(5)21/h14-20,23-25H,1,3,7-9H2,2,4-6H3. The fourth-order valence-electron chi connectivity index (χ4n) is 2.82. The highest BCUT2D eigenvalue weighted by Gasteiger charge is 2.45. The SMILES string of the molecule is C=C(C)C(COC1OC(COC(C)=O)C(O)C(O)C1O)CC(OC(C)=O)C(=C)C. The Kier molecular flexibility index (Phi) is 9.94. The summed E-state index contributed by atoms with van der Waals surface area (Å²) in [7, 11) is 0. The van der Waals surface area contributed by atoms with Gasteiger partial charge in [0.2, 0.25) is 0 Å². The van der Waals surface area contributed by atoms with Gasteiger partial charge in [-0.1, -0.05) is 18.7 Å². The molecule has 0 aromatic rings. The molecule has 1 rings (SSSR count). The molecule has 0 amide bonds. The predicted molar refractivity (Wildman–Crippen MR) is 103 cm³/mol. The predicted octanol–water partition coefficient (Wildman–Crippen LogP) is 0.464. The van der Waals surface area contributed by atoms with E-state index in [1.54, 1.807) is 13.8 Å². The first-order chi connectivity index (χ1) is 13.4.